The average Bonchev–Trinajstić information content (AvgIpc) is 2.27. The molecule has 0 saturated heterocycles. The number of sulfonamides is 1. The summed E-state index contributed by atoms with van der Waals surface area (Å²) in [5, 5.41) is 0. The maximum Gasteiger partial charge on any atom is 0.212 e. The van der Waals surface area contributed by atoms with Crippen molar-refractivity contribution in [1.29, 1.82) is 0 Å². The van der Waals surface area contributed by atoms with Crippen molar-refractivity contribution >= 4 is 10.0 Å². The Balaban J connectivity index is 2.53. The first-order chi connectivity index (χ1) is 8.43. The van der Waals surface area contributed by atoms with Gasteiger partial charge < -0.3 is 5.73 Å². The van der Waals surface area contributed by atoms with Gasteiger partial charge >= 0.3 is 0 Å². The van der Waals surface area contributed by atoms with E-state index in [0.29, 0.717) is 13.1 Å². The molecule has 0 amide bonds. The lowest BCUT2D eigenvalue weighted by atomic mass is 10.1. The van der Waals surface area contributed by atoms with E-state index in [-0.39, 0.29) is 11.7 Å². The molecule has 0 fully saturated rings. The van der Waals surface area contributed by atoms with Crippen LogP contribution in [0.15, 0.2) is 24.3 Å². The summed E-state index contributed by atoms with van der Waals surface area (Å²) in [7, 11) is -3.17. The number of hydrogen-bond donors (Lipinski definition) is 2. The van der Waals surface area contributed by atoms with Gasteiger partial charge in [0.1, 0.15) is 0 Å². The highest BCUT2D eigenvalue weighted by atomic mass is 32.2. The van der Waals surface area contributed by atoms with Crippen LogP contribution in [0.3, 0.4) is 0 Å². The topological polar surface area (TPSA) is 72.2 Å². The van der Waals surface area contributed by atoms with E-state index >= 15 is 0 Å². The van der Waals surface area contributed by atoms with E-state index < -0.39 is 10.0 Å². The molecule has 0 aliphatic carbocycles. The van der Waals surface area contributed by atoms with Crippen LogP contribution in [0.5, 0.6) is 0 Å². The first-order valence-electron chi connectivity index (χ1n) is 6.18. The van der Waals surface area contributed by atoms with Crippen LogP contribution in [0.25, 0.3) is 0 Å². The zero-order chi connectivity index (χ0) is 13.6. The zero-order valence-corrected chi connectivity index (χ0v) is 11.8. The third-order valence-electron chi connectivity index (χ3n) is 2.50. The fourth-order valence-electron chi connectivity index (χ4n) is 1.68. The fourth-order valence-corrected chi connectivity index (χ4v) is 3.06. The number of nitrogens with two attached hydrogens (primary N) is 1. The summed E-state index contributed by atoms with van der Waals surface area (Å²) in [6, 6.07) is 7.84. The highest BCUT2D eigenvalue weighted by Crippen LogP contribution is 2.06. The van der Waals surface area contributed by atoms with Crippen molar-refractivity contribution in [1.82, 2.24) is 4.72 Å². The minimum Gasteiger partial charge on any atom is -0.330 e. The Morgan fingerprint density at radius 1 is 1.17 bits per heavy atom. The largest absolute Gasteiger partial charge is 0.330 e. The zero-order valence-electron chi connectivity index (χ0n) is 11.0. The molecule has 1 rings (SSSR count). The molecule has 0 atom stereocenters. The van der Waals surface area contributed by atoms with Gasteiger partial charge in [-0.2, -0.15) is 0 Å². The van der Waals surface area contributed by atoms with Crippen LogP contribution in [-0.4, -0.2) is 20.7 Å². The van der Waals surface area contributed by atoms with Crippen LogP contribution >= 0.6 is 0 Å². The lowest BCUT2D eigenvalue weighted by Crippen LogP contribution is -2.28. The Morgan fingerprint density at radius 2 is 1.72 bits per heavy atom. The van der Waals surface area contributed by atoms with Gasteiger partial charge in [-0.3, -0.25) is 0 Å². The molecule has 5 heteroatoms. The van der Waals surface area contributed by atoms with Crippen molar-refractivity contribution in [2.75, 3.05) is 12.3 Å². The molecule has 1 aromatic carbocycles. The van der Waals surface area contributed by atoms with Crippen molar-refractivity contribution < 1.29 is 8.42 Å². The molecule has 0 aromatic heterocycles. The van der Waals surface area contributed by atoms with E-state index in [1.807, 2.05) is 38.1 Å². The van der Waals surface area contributed by atoms with Crippen molar-refractivity contribution in [3.05, 3.63) is 35.4 Å². The minimum atomic E-state index is -3.17. The Kier molecular flexibility index (Phi) is 5.78. The number of hydrogen-bond acceptors (Lipinski definition) is 3. The van der Waals surface area contributed by atoms with Crippen molar-refractivity contribution in [2.45, 2.75) is 26.8 Å². The van der Waals surface area contributed by atoms with E-state index in [4.69, 9.17) is 5.73 Å². The summed E-state index contributed by atoms with van der Waals surface area (Å²) in [6.45, 7) is 4.75. The predicted octanol–water partition coefficient (Wildman–Crippen LogP) is 1.26. The number of rotatable bonds is 7. The molecular formula is C13H22N2O2S. The average molecular weight is 270 g/mol. The van der Waals surface area contributed by atoms with Crippen LogP contribution in [0, 0.1) is 5.92 Å². The molecule has 4 nitrogen and oxygen atoms in total. The molecule has 0 spiro atoms. The van der Waals surface area contributed by atoms with Gasteiger partial charge in [-0.25, -0.2) is 13.1 Å². The van der Waals surface area contributed by atoms with E-state index in [1.165, 1.54) is 5.56 Å². The normalized spacial score (nSPS) is 12.0. The molecule has 0 aliphatic rings. The van der Waals surface area contributed by atoms with E-state index in [1.54, 1.807) is 0 Å². The summed E-state index contributed by atoms with van der Waals surface area (Å²) in [4.78, 5) is 0. The van der Waals surface area contributed by atoms with Gasteiger partial charge in [-0.15, -0.1) is 0 Å². The van der Waals surface area contributed by atoms with Gasteiger partial charge in [-0.1, -0.05) is 38.1 Å². The van der Waals surface area contributed by atoms with Gasteiger partial charge in [0.15, 0.2) is 0 Å². The van der Waals surface area contributed by atoms with E-state index in [2.05, 4.69) is 4.72 Å². The van der Waals surface area contributed by atoms with Crippen LogP contribution in [-0.2, 0) is 23.0 Å². The predicted molar refractivity (Wildman–Crippen MR) is 74.7 cm³/mol. The summed E-state index contributed by atoms with van der Waals surface area (Å²) in [6.07, 6.45) is 0.847. The lowest BCUT2D eigenvalue weighted by molar-refractivity contribution is 0.568. The maximum atomic E-state index is 11.7. The molecule has 0 radical (unpaired) electrons. The van der Waals surface area contributed by atoms with Crippen LogP contribution in [0.2, 0.25) is 0 Å². The van der Waals surface area contributed by atoms with Crippen molar-refractivity contribution in [2.24, 2.45) is 11.7 Å². The second kappa shape index (κ2) is 6.87. The molecule has 0 aliphatic heterocycles. The molecule has 0 bridgehead atoms. The smallest absolute Gasteiger partial charge is 0.212 e. The summed E-state index contributed by atoms with van der Waals surface area (Å²) in [5.74, 6) is 0.299. The molecule has 3 N–H and O–H groups in total. The molecular weight excluding hydrogens is 248 g/mol. The number of benzene rings is 1. The van der Waals surface area contributed by atoms with Crippen LogP contribution < -0.4 is 10.5 Å². The number of nitrogens with one attached hydrogen (secondary N) is 1. The SMILES string of the molecule is CC(C)CS(=O)(=O)NCc1ccc(CCN)cc1. The molecule has 18 heavy (non-hydrogen) atoms. The van der Waals surface area contributed by atoms with Gasteiger partial charge in [0.25, 0.3) is 0 Å². The van der Waals surface area contributed by atoms with E-state index in [9.17, 15) is 8.42 Å². The highest BCUT2D eigenvalue weighted by molar-refractivity contribution is 7.89. The Morgan fingerprint density at radius 3 is 2.22 bits per heavy atom. The minimum absolute atomic E-state index is 0.134. The molecule has 102 valence electrons. The Bertz CT molecular complexity index is 452. The van der Waals surface area contributed by atoms with Crippen molar-refractivity contribution in [3.8, 4) is 0 Å². The summed E-state index contributed by atoms with van der Waals surface area (Å²) in [5.41, 5.74) is 7.60. The standard InChI is InChI=1S/C13H22N2O2S/c1-11(2)10-18(16,17)15-9-13-5-3-12(4-6-13)7-8-14/h3-6,11,15H,7-10,14H2,1-2H3. The Labute approximate surface area is 110 Å². The molecule has 0 saturated carbocycles. The second-order valence-corrected chi connectivity index (χ2v) is 6.70. The van der Waals surface area contributed by atoms with Crippen LogP contribution in [0.1, 0.15) is 25.0 Å². The van der Waals surface area contributed by atoms with Gasteiger partial charge in [0.05, 0.1) is 5.75 Å². The first kappa shape index (κ1) is 15.1. The second-order valence-electron chi connectivity index (χ2n) is 4.85. The monoisotopic (exact) mass is 270 g/mol. The third kappa shape index (κ3) is 5.62. The fraction of sp³-hybridized carbons (Fsp3) is 0.538. The molecule has 0 unspecified atom stereocenters. The summed E-state index contributed by atoms with van der Waals surface area (Å²) < 4.78 is 25.9. The van der Waals surface area contributed by atoms with Crippen LogP contribution in [0.4, 0.5) is 0 Å². The van der Waals surface area contributed by atoms with Gasteiger partial charge in [0.2, 0.25) is 10.0 Å². The highest BCUT2D eigenvalue weighted by Gasteiger charge is 2.11. The lowest BCUT2D eigenvalue weighted by Gasteiger charge is -2.09. The van der Waals surface area contributed by atoms with E-state index in [0.717, 1.165) is 12.0 Å². The first-order valence-corrected chi connectivity index (χ1v) is 7.83. The van der Waals surface area contributed by atoms with Gasteiger partial charge in [0, 0.05) is 6.54 Å². The maximum absolute atomic E-state index is 11.7. The van der Waals surface area contributed by atoms with Crippen molar-refractivity contribution in [3.63, 3.8) is 0 Å². The summed E-state index contributed by atoms with van der Waals surface area (Å²) >= 11 is 0. The molecule has 0 heterocycles. The third-order valence-corrected chi connectivity index (χ3v) is 4.19. The Hall–Kier alpha value is -0.910. The van der Waals surface area contributed by atoms with Gasteiger partial charge in [-0.05, 0) is 30.0 Å². The molecule has 1 aromatic rings. The quantitative estimate of drug-likeness (QED) is 0.783.